The topological polar surface area (TPSA) is 46.0 Å². The molecule has 1 atom stereocenters. The molecule has 94 valence electrons. The maximum atomic E-state index is 10.0. The van der Waals surface area contributed by atoms with Crippen LogP contribution in [0.15, 0.2) is 42.9 Å². The van der Waals surface area contributed by atoms with Crippen LogP contribution in [0.2, 0.25) is 0 Å². The summed E-state index contributed by atoms with van der Waals surface area (Å²) in [4.78, 5) is 8.32. The molecule has 0 saturated heterocycles. The van der Waals surface area contributed by atoms with Crippen molar-refractivity contribution in [2.24, 2.45) is 0 Å². The molecule has 0 radical (unpaired) electrons. The van der Waals surface area contributed by atoms with E-state index < -0.39 is 6.10 Å². The van der Waals surface area contributed by atoms with Gasteiger partial charge in [-0.3, -0.25) is 9.97 Å². The minimum atomic E-state index is -0.396. The Bertz CT molecular complexity index is 468. The van der Waals surface area contributed by atoms with Gasteiger partial charge in [-0.2, -0.15) is 0 Å². The van der Waals surface area contributed by atoms with Gasteiger partial charge in [-0.25, -0.2) is 0 Å². The van der Waals surface area contributed by atoms with E-state index in [9.17, 15) is 5.11 Å². The summed E-state index contributed by atoms with van der Waals surface area (Å²) < 4.78 is 0. The number of aliphatic hydroxyl groups is 1. The Kier molecular flexibility index (Phi) is 4.42. The Balaban J connectivity index is 1.92. The average molecular weight is 242 g/mol. The van der Waals surface area contributed by atoms with E-state index >= 15 is 0 Å². The minimum absolute atomic E-state index is 0.396. The van der Waals surface area contributed by atoms with Gasteiger partial charge in [0.15, 0.2) is 0 Å². The first kappa shape index (κ1) is 12.7. The molecule has 2 aromatic heterocycles. The molecule has 1 unspecified atom stereocenters. The normalized spacial score (nSPS) is 12.3. The van der Waals surface area contributed by atoms with Crippen LogP contribution in [0.1, 0.15) is 23.7 Å². The summed E-state index contributed by atoms with van der Waals surface area (Å²) in [6.45, 7) is 2.11. The summed E-state index contributed by atoms with van der Waals surface area (Å²) in [6, 6.07) is 7.92. The van der Waals surface area contributed by atoms with Crippen molar-refractivity contribution in [1.82, 2.24) is 9.97 Å². The number of hydrogen-bond donors (Lipinski definition) is 1. The average Bonchev–Trinajstić information content (AvgIpc) is 2.40. The highest BCUT2D eigenvalue weighted by Crippen LogP contribution is 2.08. The third-order valence-electron chi connectivity index (χ3n) is 2.96. The quantitative estimate of drug-likeness (QED) is 0.874. The van der Waals surface area contributed by atoms with Gasteiger partial charge in [-0.15, -0.1) is 0 Å². The largest absolute Gasteiger partial charge is 0.392 e. The van der Waals surface area contributed by atoms with Gasteiger partial charge in [0.25, 0.3) is 0 Å². The van der Waals surface area contributed by atoms with Crippen molar-refractivity contribution in [3.8, 4) is 0 Å². The summed E-state index contributed by atoms with van der Waals surface area (Å²) in [5.41, 5.74) is 3.26. The molecular weight excluding hydrogens is 224 g/mol. The molecule has 18 heavy (non-hydrogen) atoms. The number of nitrogens with zero attached hydrogens (tertiary/aromatic N) is 2. The van der Waals surface area contributed by atoms with Crippen LogP contribution in [0.5, 0.6) is 0 Å². The second-order valence-electron chi connectivity index (χ2n) is 4.43. The molecule has 2 aromatic rings. The maximum Gasteiger partial charge on any atom is 0.0635 e. The number of rotatable bonds is 5. The molecule has 0 aromatic carbocycles. The standard InChI is InChI=1S/C15H18N2O/c1-2-12-3-4-14(17-11-12)10-15(18)9-13-5-7-16-8-6-13/h3-8,11,15,18H,2,9-10H2,1H3. The van der Waals surface area contributed by atoms with Crippen molar-refractivity contribution >= 4 is 0 Å². The lowest BCUT2D eigenvalue weighted by molar-refractivity contribution is 0.174. The van der Waals surface area contributed by atoms with Gasteiger partial charge in [0.1, 0.15) is 0 Å². The highest BCUT2D eigenvalue weighted by atomic mass is 16.3. The fraction of sp³-hybridized carbons (Fsp3) is 0.333. The van der Waals surface area contributed by atoms with Gasteiger partial charge >= 0.3 is 0 Å². The lowest BCUT2D eigenvalue weighted by Gasteiger charge is -2.10. The van der Waals surface area contributed by atoms with Crippen LogP contribution in [0.25, 0.3) is 0 Å². The van der Waals surface area contributed by atoms with Crippen LogP contribution in [0.4, 0.5) is 0 Å². The highest BCUT2D eigenvalue weighted by Gasteiger charge is 2.07. The molecule has 2 rings (SSSR count). The molecular formula is C15H18N2O. The molecule has 0 fully saturated rings. The molecule has 0 saturated carbocycles. The van der Waals surface area contributed by atoms with Crippen molar-refractivity contribution in [2.45, 2.75) is 32.3 Å². The molecule has 0 aliphatic rings. The Hall–Kier alpha value is -1.74. The fourth-order valence-corrected chi connectivity index (χ4v) is 1.89. The zero-order valence-corrected chi connectivity index (χ0v) is 10.6. The molecule has 0 bridgehead atoms. The number of pyridine rings is 2. The Morgan fingerprint density at radius 1 is 1.06 bits per heavy atom. The lowest BCUT2D eigenvalue weighted by Crippen LogP contribution is -2.14. The van der Waals surface area contributed by atoms with Crippen LogP contribution in [0, 0.1) is 0 Å². The molecule has 3 nitrogen and oxygen atoms in total. The smallest absolute Gasteiger partial charge is 0.0635 e. The summed E-state index contributed by atoms with van der Waals surface area (Å²) >= 11 is 0. The molecule has 0 aliphatic heterocycles. The molecule has 2 heterocycles. The van der Waals surface area contributed by atoms with E-state index in [0.29, 0.717) is 12.8 Å². The van der Waals surface area contributed by atoms with Gasteiger partial charge in [0.2, 0.25) is 0 Å². The van der Waals surface area contributed by atoms with Crippen molar-refractivity contribution in [1.29, 1.82) is 0 Å². The molecule has 0 aliphatic carbocycles. The first-order chi connectivity index (χ1) is 8.78. The minimum Gasteiger partial charge on any atom is -0.392 e. The van der Waals surface area contributed by atoms with Crippen LogP contribution in [0.3, 0.4) is 0 Å². The SMILES string of the molecule is CCc1ccc(CC(O)Cc2ccncc2)nc1. The lowest BCUT2D eigenvalue weighted by atomic mass is 10.0. The summed E-state index contributed by atoms with van der Waals surface area (Å²) in [6.07, 6.45) is 7.20. The molecule has 0 amide bonds. The zero-order chi connectivity index (χ0) is 12.8. The summed E-state index contributed by atoms with van der Waals surface area (Å²) in [5.74, 6) is 0. The molecule has 3 heteroatoms. The maximum absolute atomic E-state index is 10.0. The fourth-order valence-electron chi connectivity index (χ4n) is 1.89. The Morgan fingerprint density at radius 3 is 2.44 bits per heavy atom. The van der Waals surface area contributed by atoms with Crippen molar-refractivity contribution in [3.63, 3.8) is 0 Å². The summed E-state index contributed by atoms with van der Waals surface area (Å²) in [7, 11) is 0. The van der Waals surface area contributed by atoms with Gasteiger partial charge in [-0.1, -0.05) is 13.0 Å². The number of hydrogen-bond acceptors (Lipinski definition) is 3. The second kappa shape index (κ2) is 6.26. The van der Waals surface area contributed by atoms with Gasteiger partial charge in [0.05, 0.1) is 6.10 Å². The van der Waals surface area contributed by atoms with Crippen LogP contribution in [-0.2, 0) is 19.3 Å². The summed E-state index contributed by atoms with van der Waals surface area (Å²) in [5, 5.41) is 10.0. The zero-order valence-electron chi connectivity index (χ0n) is 10.6. The number of aryl methyl sites for hydroxylation is 1. The van der Waals surface area contributed by atoms with Crippen molar-refractivity contribution < 1.29 is 5.11 Å². The first-order valence-electron chi connectivity index (χ1n) is 6.28. The Labute approximate surface area is 108 Å². The van der Waals surface area contributed by atoms with E-state index in [2.05, 4.69) is 23.0 Å². The van der Waals surface area contributed by atoms with Gasteiger partial charge in [-0.05, 0) is 42.2 Å². The predicted molar refractivity (Wildman–Crippen MR) is 71.3 cm³/mol. The van der Waals surface area contributed by atoms with E-state index in [1.807, 2.05) is 24.4 Å². The van der Waals surface area contributed by atoms with Crippen molar-refractivity contribution in [3.05, 3.63) is 59.7 Å². The predicted octanol–water partition coefficient (Wildman–Crippen LogP) is 2.19. The van der Waals surface area contributed by atoms with E-state index in [-0.39, 0.29) is 0 Å². The van der Waals surface area contributed by atoms with Crippen LogP contribution in [-0.4, -0.2) is 21.2 Å². The monoisotopic (exact) mass is 242 g/mol. The molecule has 1 N–H and O–H groups in total. The third-order valence-corrected chi connectivity index (χ3v) is 2.96. The van der Waals surface area contributed by atoms with Crippen molar-refractivity contribution in [2.75, 3.05) is 0 Å². The van der Waals surface area contributed by atoms with E-state index in [1.165, 1.54) is 5.56 Å². The van der Waals surface area contributed by atoms with Gasteiger partial charge in [0, 0.05) is 30.7 Å². The third kappa shape index (κ3) is 3.64. The first-order valence-corrected chi connectivity index (χ1v) is 6.28. The number of aliphatic hydroxyl groups excluding tert-OH is 1. The van der Waals surface area contributed by atoms with E-state index in [0.717, 1.165) is 17.7 Å². The second-order valence-corrected chi connectivity index (χ2v) is 4.43. The van der Waals surface area contributed by atoms with Crippen LogP contribution < -0.4 is 0 Å². The van der Waals surface area contributed by atoms with E-state index in [4.69, 9.17) is 0 Å². The molecule has 0 spiro atoms. The highest BCUT2D eigenvalue weighted by molar-refractivity contribution is 5.16. The van der Waals surface area contributed by atoms with E-state index in [1.54, 1.807) is 12.4 Å². The number of aromatic nitrogens is 2. The van der Waals surface area contributed by atoms with Crippen LogP contribution >= 0.6 is 0 Å². The Morgan fingerprint density at radius 2 is 1.83 bits per heavy atom. The van der Waals surface area contributed by atoms with Gasteiger partial charge < -0.3 is 5.11 Å².